The van der Waals surface area contributed by atoms with Gasteiger partial charge < -0.3 is 25.4 Å². The van der Waals surface area contributed by atoms with Gasteiger partial charge in [-0.15, -0.1) is 0 Å². The average Bonchev–Trinajstić information content (AvgIpc) is 3.43. The molecule has 33 heavy (non-hydrogen) atoms. The molecular formula is C25H29N3O5. The standard InChI is InChI=1S/C25H29N3O5/c1-28(2)14-21(23(31)27-25(11-12-25)13-22(29)30)26-24(32)33-15-20-18-9-5-3-7-16(18)17-8-4-6-10-19(17)20/h3-10,20-21H,11-15H2,1-2H3,(H,26,32)(H,27,31)(H,29,30)/t21-/m0/s1. The van der Waals surface area contributed by atoms with Gasteiger partial charge in [0.1, 0.15) is 12.6 Å². The Labute approximate surface area is 192 Å². The lowest BCUT2D eigenvalue weighted by molar-refractivity contribution is -0.138. The third-order valence-corrected chi connectivity index (χ3v) is 6.23. The largest absolute Gasteiger partial charge is 0.481 e. The average molecular weight is 452 g/mol. The van der Waals surface area contributed by atoms with Crippen molar-refractivity contribution in [2.75, 3.05) is 27.2 Å². The van der Waals surface area contributed by atoms with Crippen LogP contribution < -0.4 is 10.6 Å². The predicted molar refractivity (Wildman–Crippen MR) is 123 cm³/mol. The molecule has 2 aromatic carbocycles. The van der Waals surface area contributed by atoms with Gasteiger partial charge in [-0.25, -0.2) is 4.79 Å². The Balaban J connectivity index is 1.40. The first-order chi connectivity index (χ1) is 15.8. The number of likely N-dealkylation sites (N-methyl/N-ethyl adjacent to an activating group) is 1. The lowest BCUT2D eigenvalue weighted by atomic mass is 9.98. The fraction of sp³-hybridized carbons (Fsp3) is 0.400. The van der Waals surface area contributed by atoms with Crippen LogP contribution in [-0.4, -0.2) is 66.8 Å². The van der Waals surface area contributed by atoms with Crippen LogP contribution in [0.4, 0.5) is 4.79 Å². The maximum Gasteiger partial charge on any atom is 0.407 e. The summed E-state index contributed by atoms with van der Waals surface area (Å²) < 4.78 is 5.57. The number of amides is 2. The zero-order valence-electron chi connectivity index (χ0n) is 18.8. The molecule has 0 radical (unpaired) electrons. The molecular weight excluding hydrogens is 422 g/mol. The van der Waals surface area contributed by atoms with E-state index in [1.165, 1.54) is 0 Å². The van der Waals surface area contributed by atoms with Crippen molar-refractivity contribution in [1.82, 2.24) is 15.5 Å². The highest BCUT2D eigenvalue weighted by Crippen LogP contribution is 2.44. The third kappa shape index (κ3) is 5.17. The summed E-state index contributed by atoms with van der Waals surface area (Å²) >= 11 is 0. The van der Waals surface area contributed by atoms with E-state index in [-0.39, 0.29) is 25.5 Å². The summed E-state index contributed by atoms with van der Waals surface area (Å²) in [6.45, 7) is 0.415. The van der Waals surface area contributed by atoms with Crippen LogP contribution in [0.25, 0.3) is 11.1 Å². The minimum Gasteiger partial charge on any atom is -0.481 e. The molecule has 0 spiro atoms. The highest BCUT2D eigenvalue weighted by Gasteiger charge is 2.46. The molecule has 1 atom stereocenters. The number of nitrogens with one attached hydrogen (secondary N) is 2. The molecule has 2 amide bonds. The number of nitrogens with zero attached hydrogens (tertiary/aromatic N) is 1. The lowest BCUT2D eigenvalue weighted by Gasteiger charge is -2.24. The maximum absolute atomic E-state index is 12.8. The van der Waals surface area contributed by atoms with Crippen molar-refractivity contribution in [3.05, 3.63) is 59.7 Å². The molecule has 1 fully saturated rings. The second-order valence-electron chi connectivity index (χ2n) is 9.12. The number of ether oxygens (including phenoxy) is 1. The molecule has 3 N–H and O–H groups in total. The van der Waals surface area contributed by atoms with Crippen LogP contribution in [-0.2, 0) is 14.3 Å². The normalized spacial score (nSPS) is 16.5. The Morgan fingerprint density at radius 2 is 1.64 bits per heavy atom. The Bertz CT molecular complexity index is 1020. The van der Waals surface area contributed by atoms with Gasteiger partial charge in [-0.2, -0.15) is 0 Å². The van der Waals surface area contributed by atoms with Crippen LogP contribution >= 0.6 is 0 Å². The Morgan fingerprint density at radius 1 is 1.06 bits per heavy atom. The van der Waals surface area contributed by atoms with E-state index in [9.17, 15) is 14.4 Å². The summed E-state index contributed by atoms with van der Waals surface area (Å²) in [5.74, 6) is -1.44. The quantitative estimate of drug-likeness (QED) is 0.541. The van der Waals surface area contributed by atoms with Gasteiger partial charge in [0.2, 0.25) is 5.91 Å². The Kier molecular flexibility index (Phi) is 6.37. The van der Waals surface area contributed by atoms with Gasteiger partial charge >= 0.3 is 12.1 Å². The van der Waals surface area contributed by atoms with Gasteiger partial charge in [0, 0.05) is 12.5 Å². The lowest BCUT2D eigenvalue weighted by Crippen LogP contribution is -2.54. The highest BCUT2D eigenvalue weighted by atomic mass is 16.5. The fourth-order valence-corrected chi connectivity index (χ4v) is 4.48. The number of carboxylic acids is 1. The molecule has 0 aromatic heterocycles. The molecule has 8 heteroatoms. The van der Waals surface area contributed by atoms with E-state index in [1.54, 1.807) is 19.0 Å². The van der Waals surface area contributed by atoms with E-state index >= 15 is 0 Å². The molecule has 0 bridgehead atoms. The Morgan fingerprint density at radius 3 is 2.15 bits per heavy atom. The van der Waals surface area contributed by atoms with Crippen LogP contribution in [0.1, 0.15) is 36.3 Å². The number of hydrogen-bond donors (Lipinski definition) is 3. The number of carbonyl (C=O) groups is 3. The highest BCUT2D eigenvalue weighted by molar-refractivity contribution is 5.87. The van der Waals surface area contributed by atoms with Gasteiger partial charge in [-0.3, -0.25) is 9.59 Å². The number of alkyl carbamates (subject to hydrolysis) is 1. The number of hydrogen-bond acceptors (Lipinski definition) is 5. The molecule has 8 nitrogen and oxygen atoms in total. The molecule has 2 aromatic rings. The number of rotatable bonds is 9. The van der Waals surface area contributed by atoms with Crippen LogP contribution in [0.15, 0.2) is 48.5 Å². The summed E-state index contributed by atoms with van der Waals surface area (Å²) in [7, 11) is 3.59. The van der Waals surface area contributed by atoms with Crippen LogP contribution in [0.2, 0.25) is 0 Å². The predicted octanol–water partition coefficient (Wildman–Crippen LogP) is 2.58. The topological polar surface area (TPSA) is 108 Å². The van der Waals surface area contributed by atoms with Gasteiger partial charge in [0.25, 0.3) is 0 Å². The Hall–Kier alpha value is -3.39. The van der Waals surface area contributed by atoms with Crippen molar-refractivity contribution < 1.29 is 24.2 Å². The summed E-state index contributed by atoms with van der Waals surface area (Å²) in [6.07, 6.45) is 0.426. The molecule has 2 aliphatic rings. The van der Waals surface area contributed by atoms with Crippen molar-refractivity contribution in [1.29, 1.82) is 0 Å². The van der Waals surface area contributed by atoms with E-state index in [4.69, 9.17) is 9.84 Å². The van der Waals surface area contributed by atoms with E-state index in [0.717, 1.165) is 22.3 Å². The van der Waals surface area contributed by atoms with Crippen molar-refractivity contribution in [2.45, 2.75) is 36.8 Å². The number of aliphatic carboxylic acids is 1. The summed E-state index contributed by atoms with van der Waals surface area (Å²) in [5.41, 5.74) is 3.79. The van der Waals surface area contributed by atoms with Gasteiger partial charge in [0.15, 0.2) is 0 Å². The molecule has 4 rings (SSSR count). The first-order valence-corrected chi connectivity index (χ1v) is 11.1. The monoisotopic (exact) mass is 451 g/mol. The second kappa shape index (κ2) is 9.23. The van der Waals surface area contributed by atoms with E-state index in [1.807, 2.05) is 36.4 Å². The molecule has 2 aliphatic carbocycles. The third-order valence-electron chi connectivity index (χ3n) is 6.23. The number of fused-ring (bicyclic) bond motifs is 3. The van der Waals surface area contributed by atoms with Gasteiger partial charge in [-0.1, -0.05) is 48.5 Å². The summed E-state index contributed by atoms with van der Waals surface area (Å²) in [6, 6.07) is 15.3. The molecule has 0 aliphatic heterocycles. The van der Waals surface area contributed by atoms with E-state index < -0.39 is 29.6 Å². The molecule has 0 saturated heterocycles. The first kappa shape index (κ1) is 22.8. The van der Waals surface area contributed by atoms with Crippen LogP contribution in [0.3, 0.4) is 0 Å². The molecule has 0 unspecified atom stereocenters. The molecule has 174 valence electrons. The first-order valence-electron chi connectivity index (χ1n) is 11.1. The van der Waals surface area contributed by atoms with Crippen molar-refractivity contribution in [3.8, 4) is 11.1 Å². The van der Waals surface area contributed by atoms with Gasteiger partial charge in [0.05, 0.1) is 12.0 Å². The molecule has 0 heterocycles. The smallest absolute Gasteiger partial charge is 0.407 e. The van der Waals surface area contributed by atoms with Crippen LogP contribution in [0.5, 0.6) is 0 Å². The minimum absolute atomic E-state index is 0.0745. The zero-order chi connectivity index (χ0) is 23.6. The summed E-state index contributed by atoms with van der Waals surface area (Å²) in [5, 5.41) is 14.6. The number of carboxylic acid groups (broad SMARTS) is 1. The fourth-order valence-electron chi connectivity index (χ4n) is 4.48. The number of carbonyl (C=O) groups excluding carboxylic acids is 2. The van der Waals surface area contributed by atoms with Crippen molar-refractivity contribution >= 4 is 18.0 Å². The summed E-state index contributed by atoms with van der Waals surface area (Å²) in [4.78, 5) is 38.4. The van der Waals surface area contributed by atoms with Crippen molar-refractivity contribution in [3.63, 3.8) is 0 Å². The van der Waals surface area contributed by atoms with E-state index in [2.05, 4.69) is 22.8 Å². The maximum atomic E-state index is 12.8. The van der Waals surface area contributed by atoms with Crippen molar-refractivity contribution in [2.24, 2.45) is 0 Å². The number of benzene rings is 2. The SMILES string of the molecule is CN(C)C[C@H](NC(=O)OCC1c2ccccc2-c2ccccc21)C(=O)NC1(CC(=O)O)CC1. The minimum atomic E-state index is -0.957. The second-order valence-corrected chi connectivity index (χ2v) is 9.12. The molecule has 1 saturated carbocycles. The zero-order valence-corrected chi connectivity index (χ0v) is 18.8. The van der Waals surface area contributed by atoms with E-state index in [0.29, 0.717) is 12.8 Å². The van der Waals surface area contributed by atoms with Crippen LogP contribution in [0, 0.1) is 0 Å². The van der Waals surface area contributed by atoms with Gasteiger partial charge in [-0.05, 0) is 49.2 Å².